The molecule has 0 saturated carbocycles. The molecule has 6 heteroatoms. The van der Waals surface area contributed by atoms with Crippen molar-refractivity contribution in [3.63, 3.8) is 0 Å². The van der Waals surface area contributed by atoms with Crippen LogP contribution in [0.5, 0.6) is 0 Å². The van der Waals surface area contributed by atoms with Gasteiger partial charge in [0.25, 0.3) is 5.91 Å². The van der Waals surface area contributed by atoms with Crippen molar-refractivity contribution in [1.82, 2.24) is 20.1 Å². The molecule has 3 rings (SSSR count). The van der Waals surface area contributed by atoms with E-state index in [0.717, 1.165) is 37.4 Å². The predicted octanol–water partition coefficient (Wildman–Crippen LogP) is 1.90. The Morgan fingerprint density at radius 1 is 1.23 bits per heavy atom. The molecule has 1 aliphatic rings. The molecule has 6 nitrogen and oxygen atoms in total. The van der Waals surface area contributed by atoms with Gasteiger partial charge in [-0.15, -0.1) is 5.10 Å². The summed E-state index contributed by atoms with van der Waals surface area (Å²) < 4.78 is 0. The number of carbonyl (C=O) groups excluding carboxylic acids is 1. The van der Waals surface area contributed by atoms with Crippen molar-refractivity contribution in [3.8, 4) is 0 Å². The number of nitrogens with zero attached hydrogens (tertiary/aromatic N) is 4. The third-order valence-corrected chi connectivity index (χ3v) is 3.81. The number of anilines is 1. The van der Waals surface area contributed by atoms with Crippen molar-refractivity contribution in [1.29, 1.82) is 0 Å². The van der Waals surface area contributed by atoms with Crippen molar-refractivity contribution in [2.45, 2.75) is 25.8 Å². The van der Waals surface area contributed by atoms with Crippen molar-refractivity contribution >= 4 is 11.7 Å². The maximum Gasteiger partial charge on any atom is 0.272 e. The summed E-state index contributed by atoms with van der Waals surface area (Å²) in [6, 6.07) is 9.63. The summed E-state index contributed by atoms with van der Waals surface area (Å²) in [4.78, 5) is 18.6. The molecule has 0 aliphatic carbocycles. The van der Waals surface area contributed by atoms with Gasteiger partial charge < -0.3 is 10.2 Å². The summed E-state index contributed by atoms with van der Waals surface area (Å²) in [5.74, 6) is 0.800. The first-order valence-corrected chi connectivity index (χ1v) is 7.49. The van der Waals surface area contributed by atoms with Crippen LogP contribution in [0.3, 0.4) is 0 Å². The second-order valence-corrected chi connectivity index (χ2v) is 5.48. The van der Waals surface area contributed by atoms with Crippen molar-refractivity contribution in [2.75, 3.05) is 18.4 Å². The largest absolute Gasteiger partial charge is 0.366 e. The van der Waals surface area contributed by atoms with Gasteiger partial charge >= 0.3 is 0 Å². The van der Waals surface area contributed by atoms with Crippen LogP contribution in [0.15, 0.2) is 36.5 Å². The van der Waals surface area contributed by atoms with Crippen molar-refractivity contribution in [2.24, 2.45) is 0 Å². The third kappa shape index (κ3) is 3.39. The van der Waals surface area contributed by atoms with Crippen LogP contribution in [0.4, 0.5) is 5.82 Å². The third-order valence-electron chi connectivity index (χ3n) is 3.81. The molecule has 22 heavy (non-hydrogen) atoms. The highest BCUT2D eigenvalue weighted by Gasteiger charge is 2.24. The van der Waals surface area contributed by atoms with Gasteiger partial charge in [-0.05, 0) is 44.0 Å². The van der Waals surface area contributed by atoms with E-state index in [1.807, 2.05) is 36.1 Å². The molecule has 2 aromatic rings. The number of carbonyl (C=O) groups is 1. The number of hydrogen-bond donors (Lipinski definition) is 1. The van der Waals surface area contributed by atoms with Crippen LogP contribution in [0, 0.1) is 6.92 Å². The second kappa shape index (κ2) is 6.51. The summed E-state index contributed by atoms with van der Waals surface area (Å²) in [7, 11) is 0. The second-order valence-electron chi connectivity index (χ2n) is 5.48. The normalized spacial score (nSPS) is 15.6. The summed E-state index contributed by atoms with van der Waals surface area (Å²) >= 11 is 0. The molecule has 0 radical (unpaired) electrons. The van der Waals surface area contributed by atoms with E-state index in [9.17, 15) is 4.79 Å². The number of likely N-dealkylation sites (tertiary alicyclic amines) is 1. The van der Waals surface area contributed by atoms with E-state index in [1.54, 1.807) is 12.3 Å². The van der Waals surface area contributed by atoms with Crippen LogP contribution in [0.1, 0.15) is 29.0 Å². The van der Waals surface area contributed by atoms with E-state index in [2.05, 4.69) is 20.5 Å². The molecular formula is C16H19N5O. The van der Waals surface area contributed by atoms with Crippen LogP contribution >= 0.6 is 0 Å². The monoisotopic (exact) mass is 297 g/mol. The van der Waals surface area contributed by atoms with E-state index in [-0.39, 0.29) is 5.91 Å². The van der Waals surface area contributed by atoms with Crippen LogP contribution in [0.2, 0.25) is 0 Å². The standard InChI is InChI=1S/C16H19N5O/c1-12-4-2-5-14(18-12)16(22)21-10-7-13(8-11-21)19-15-6-3-9-17-20-15/h2-6,9,13H,7-8,10-11H2,1H3,(H,19,20). The van der Waals surface area contributed by atoms with Crippen LogP contribution in [-0.2, 0) is 0 Å². The topological polar surface area (TPSA) is 71.0 Å². The zero-order chi connectivity index (χ0) is 15.4. The number of hydrogen-bond acceptors (Lipinski definition) is 5. The zero-order valence-electron chi connectivity index (χ0n) is 12.6. The summed E-state index contributed by atoms with van der Waals surface area (Å²) in [6.07, 6.45) is 3.45. The summed E-state index contributed by atoms with van der Waals surface area (Å²) in [5, 5.41) is 11.3. The maximum absolute atomic E-state index is 12.4. The molecule has 0 unspecified atom stereocenters. The number of aryl methyl sites for hydroxylation is 1. The molecule has 1 amide bonds. The predicted molar refractivity (Wildman–Crippen MR) is 83.6 cm³/mol. The van der Waals surface area contributed by atoms with Gasteiger partial charge in [0.2, 0.25) is 0 Å². The van der Waals surface area contributed by atoms with E-state index >= 15 is 0 Å². The molecule has 114 valence electrons. The van der Waals surface area contributed by atoms with Gasteiger partial charge in [-0.3, -0.25) is 4.79 Å². The minimum atomic E-state index is 0.0154. The van der Waals surface area contributed by atoms with E-state index in [1.165, 1.54) is 0 Å². The molecule has 1 fully saturated rings. The SMILES string of the molecule is Cc1cccc(C(=O)N2CCC(Nc3cccnn3)CC2)n1. The maximum atomic E-state index is 12.4. The highest BCUT2D eigenvalue weighted by molar-refractivity contribution is 5.92. The summed E-state index contributed by atoms with van der Waals surface area (Å²) in [5.41, 5.74) is 1.39. The Morgan fingerprint density at radius 3 is 2.73 bits per heavy atom. The Hall–Kier alpha value is -2.50. The number of nitrogens with one attached hydrogen (secondary N) is 1. The molecule has 0 spiro atoms. The summed E-state index contributed by atoms with van der Waals surface area (Å²) in [6.45, 7) is 3.35. The molecule has 2 aromatic heterocycles. The molecule has 0 bridgehead atoms. The van der Waals surface area contributed by atoms with Gasteiger partial charge in [-0.1, -0.05) is 6.07 Å². The Bertz CT molecular complexity index is 638. The highest BCUT2D eigenvalue weighted by Crippen LogP contribution is 2.16. The fourth-order valence-electron chi connectivity index (χ4n) is 2.64. The van der Waals surface area contributed by atoms with Crippen LogP contribution < -0.4 is 5.32 Å². The molecule has 0 aromatic carbocycles. The molecule has 1 N–H and O–H groups in total. The number of aromatic nitrogens is 3. The van der Waals surface area contributed by atoms with Gasteiger partial charge in [0.15, 0.2) is 0 Å². The average molecular weight is 297 g/mol. The first-order chi connectivity index (χ1) is 10.7. The van der Waals surface area contributed by atoms with Crippen molar-refractivity contribution < 1.29 is 4.79 Å². The van der Waals surface area contributed by atoms with Gasteiger partial charge in [-0.2, -0.15) is 5.10 Å². The Morgan fingerprint density at radius 2 is 2.05 bits per heavy atom. The Kier molecular flexibility index (Phi) is 4.27. The van der Waals surface area contributed by atoms with Crippen LogP contribution in [-0.4, -0.2) is 45.1 Å². The van der Waals surface area contributed by atoms with Crippen LogP contribution in [0.25, 0.3) is 0 Å². The van der Waals surface area contributed by atoms with Gasteiger partial charge in [0.1, 0.15) is 11.5 Å². The lowest BCUT2D eigenvalue weighted by Gasteiger charge is -2.32. The van der Waals surface area contributed by atoms with E-state index < -0.39 is 0 Å². The minimum absolute atomic E-state index is 0.0154. The minimum Gasteiger partial charge on any atom is -0.366 e. The number of pyridine rings is 1. The fraction of sp³-hybridized carbons (Fsp3) is 0.375. The first kappa shape index (κ1) is 14.4. The van der Waals surface area contributed by atoms with Gasteiger partial charge in [0, 0.05) is 31.0 Å². The smallest absolute Gasteiger partial charge is 0.272 e. The lowest BCUT2D eigenvalue weighted by Crippen LogP contribution is -2.42. The number of rotatable bonds is 3. The molecule has 1 saturated heterocycles. The lowest BCUT2D eigenvalue weighted by molar-refractivity contribution is 0.0712. The average Bonchev–Trinajstić information content (AvgIpc) is 2.56. The molecule has 3 heterocycles. The quantitative estimate of drug-likeness (QED) is 0.937. The number of amides is 1. The van der Waals surface area contributed by atoms with Crippen molar-refractivity contribution in [3.05, 3.63) is 47.9 Å². The number of piperidine rings is 1. The van der Waals surface area contributed by atoms with Gasteiger partial charge in [0.05, 0.1) is 0 Å². The van der Waals surface area contributed by atoms with E-state index in [4.69, 9.17) is 0 Å². The lowest BCUT2D eigenvalue weighted by atomic mass is 10.0. The fourth-order valence-corrected chi connectivity index (χ4v) is 2.64. The van der Waals surface area contributed by atoms with E-state index in [0.29, 0.717) is 11.7 Å². The Labute approximate surface area is 129 Å². The first-order valence-electron chi connectivity index (χ1n) is 7.49. The van der Waals surface area contributed by atoms with Gasteiger partial charge in [-0.25, -0.2) is 4.98 Å². The highest BCUT2D eigenvalue weighted by atomic mass is 16.2. The molecular weight excluding hydrogens is 278 g/mol. The molecule has 1 aliphatic heterocycles. The zero-order valence-corrected chi connectivity index (χ0v) is 12.6. The molecule has 0 atom stereocenters. The Balaban J connectivity index is 1.56.